The van der Waals surface area contributed by atoms with Crippen molar-refractivity contribution in [2.45, 2.75) is 25.5 Å². The molecule has 2 aromatic rings. The van der Waals surface area contributed by atoms with E-state index in [-0.39, 0.29) is 12.1 Å². The summed E-state index contributed by atoms with van der Waals surface area (Å²) in [5, 5.41) is 7.61. The summed E-state index contributed by atoms with van der Waals surface area (Å²) in [6, 6.07) is 3.95. The highest BCUT2D eigenvalue weighted by Crippen LogP contribution is 2.31. The minimum absolute atomic E-state index is 0.0250. The van der Waals surface area contributed by atoms with Gasteiger partial charge in [-0.1, -0.05) is 0 Å². The lowest BCUT2D eigenvalue weighted by Gasteiger charge is -2.20. The van der Waals surface area contributed by atoms with Gasteiger partial charge >= 0.3 is 0 Å². The van der Waals surface area contributed by atoms with E-state index in [4.69, 9.17) is 9.47 Å². The first-order valence-electron chi connectivity index (χ1n) is 7.09. The van der Waals surface area contributed by atoms with Crippen LogP contribution in [-0.2, 0) is 11.8 Å². The Balaban J connectivity index is 1.74. The van der Waals surface area contributed by atoms with Crippen molar-refractivity contribution in [2.24, 2.45) is 7.05 Å². The average Bonchev–Trinajstić information content (AvgIpc) is 3.08. The van der Waals surface area contributed by atoms with E-state index in [9.17, 15) is 0 Å². The van der Waals surface area contributed by atoms with Gasteiger partial charge in [-0.05, 0) is 19.4 Å². The Bertz CT molecular complexity index is 601. The monoisotopic (exact) mass is 289 g/mol. The molecule has 2 aromatic heterocycles. The zero-order valence-corrected chi connectivity index (χ0v) is 12.2. The van der Waals surface area contributed by atoms with Gasteiger partial charge in [0.1, 0.15) is 18.2 Å². The first kappa shape index (κ1) is 13.8. The highest BCUT2D eigenvalue weighted by Gasteiger charge is 2.31. The van der Waals surface area contributed by atoms with Crippen LogP contribution in [0, 0.1) is 0 Å². The van der Waals surface area contributed by atoms with Crippen LogP contribution < -0.4 is 10.1 Å². The van der Waals surface area contributed by atoms with Crippen LogP contribution in [0.15, 0.2) is 24.7 Å². The zero-order chi connectivity index (χ0) is 14.7. The standard InChI is InChI=1S/C14H19N5O2/c1-3-20-13-8-12(15-9-16-13)18-10-5-7-21-14(10)11-4-6-17-19(11)2/h4,6,8-10,14H,3,5,7H2,1-2H3,(H,15,16,18)/t10-,14-/m0/s1. The predicted molar refractivity (Wildman–Crippen MR) is 77.1 cm³/mol. The van der Waals surface area contributed by atoms with Crippen LogP contribution in [0.4, 0.5) is 5.82 Å². The van der Waals surface area contributed by atoms with E-state index in [1.54, 1.807) is 6.20 Å². The van der Waals surface area contributed by atoms with Crippen molar-refractivity contribution in [2.75, 3.05) is 18.5 Å². The summed E-state index contributed by atoms with van der Waals surface area (Å²) >= 11 is 0. The lowest BCUT2D eigenvalue weighted by atomic mass is 10.1. The lowest BCUT2D eigenvalue weighted by molar-refractivity contribution is 0.101. The number of nitrogens with one attached hydrogen (secondary N) is 1. The smallest absolute Gasteiger partial charge is 0.218 e. The molecule has 0 unspecified atom stereocenters. The van der Waals surface area contributed by atoms with E-state index in [0.29, 0.717) is 12.5 Å². The van der Waals surface area contributed by atoms with Gasteiger partial charge in [0.05, 0.1) is 18.3 Å². The molecular weight excluding hydrogens is 270 g/mol. The number of hydrogen-bond donors (Lipinski definition) is 1. The highest BCUT2D eigenvalue weighted by atomic mass is 16.5. The summed E-state index contributed by atoms with van der Waals surface area (Å²) in [5.41, 5.74) is 1.06. The maximum atomic E-state index is 5.84. The molecule has 1 N–H and O–H groups in total. The summed E-state index contributed by atoms with van der Waals surface area (Å²) in [5.74, 6) is 1.32. The Morgan fingerprint density at radius 3 is 3.14 bits per heavy atom. The van der Waals surface area contributed by atoms with Gasteiger partial charge in [0.2, 0.25) is 5.88 Å². The van der Waals surface area contributed by atoms with E-state index in [1.165, 1.54) is 6.33 Å². The average molecular weight is 289 g/mol. The van der Waals surface area contributed by atoms with Crippen LogP contribution in [0.2, 0.25) is 0 Å². The number of aromatic nitrogens is 4. The highest BCUT2D eigenvalue weighted by molar-refractivity contribution is 5.39. The van der Waals surface area contributed by atoms with Crippen LogP contribution >= 0.6 is 0 Å². The minimum atomic E-state index is -0.0250. The molecule has 0 bridgehead atoms. The van der Waals surface area contributed by atoms with E-state index < -0.39 is 0 Å². The molecule has 1 aliphatic rings. The minimum Gasteiger partial charge on any atom is -0.478 e. The van der Waals surface area contributed by atoms with Gasteiger partial charge in [-0.3, -0.25) is 4.68 Å². The molecule has 7 nitrogen and oxygen atoms in total. The first-order valence-corrected chi connectivity index (χ1v) is 7.09. The molecule has 0 aliphatic carbocycles. The Hall–Kier alpha value is -2.15. The number of nitrogens with zero attached hydrogens (tertiary/aromatic N) is 4. The summed E-state index contributed by atoms with van der Waals surface area (Å²) in [6.45, 7) is 3.23. The molecule has 21 heavy (non-hydrogen) atoms. The van der Waals surface area contributed by atoms with E-state index >= 15 is 0 Å². The van der Waals surface area contributed by atoms with Crippen LogP contribution in [0.5, 0.6) is 5.88 Å². The Morgan fingerprint density at radius 1 is 1.48 bits per heavy atom. The molecule has 1 fully saturated rings. The van der Waals surface area contributed by atoms with Gasteiger partial charge in [0.15, 0.2) is 0 Å². The molecule has 1 aliphatic heterocycles. The van der Waals surface area contributed by atoms with E-state index in [0.717, 1.165) is 24.5 Å². The summed E-state index contributed by atoms with van der Waals surface area (Å²) in [6.07, 6.45) is 4.18. The van der Waals surface area contributed by atoms with Gasteiger partial charge < -0.3 is 14.8 Å². The molecule has 2 atom stereocenters. The molecule has 0 amide bonds. The fourth-order valence-corrected chi connectivity index (χ4v) is 2.53. The number of rotatable bonds is 5. The van der Waals surface area contributed by atoms with Gasteiger partial charge in [-0.2, -0.15) is 5.10 Å². The summed E-state index contributed by atoms with van der Waals surface area (Å²) in [4.78, 5) is 8.31. The second kappa shape index (κ2) is 6.09. The van der Waals surface area contributed by atoms with Crippen molar-refractivity contribution >= 4 is 5.82 Å². The Labute approximate surface area is 123 Å². The van der Waals surface area contributed by atoms with Crippen LogP contribution in [0.1, 0.15) is 25.1 Å². The van der Waals surface area contributed by atoms with Crippen LogP contribution in [0.3, 0.4) is 0 Å². The second-order valence-corrected chi connectivity index (χ2v) is 4.89. The molecule has 0 radical (unpaired) electrons. The molecule has 1 saturated heterocycles. The third kappa shape index (κ3) is 2.97. The third-order valence-corrected chi connectivity index (χ3v) is 3.51. The number of aryl methyl sites for hydroxylation is 1. The molecule has 3 rings (SSSR count). The largest absolute Gasteiger partial charge is 0.478 e. The normalized spacial score (nSPS) is 21.4. The maximum Gasteiger partial charge on any atom is 0.218 e. The molecule has 0 aromatic carbocycles. The Kier molecular flexibility index (Phi) is 4.01. The van der Waals surface area contributed by atoms with Gasteiger partial charge in [0, 0.05) is 25.9 Å². The maximum absolute atomic E-state index is 5.84. The van der Waals surface area contributed by atoms with Crippen molar-refractivity contribution in [3.05, 3.63) is 30.4 Å². The number of hydrogen-bond acceptors (Lipinski definition) is 6. The van der Waals surface area contributed by atoms with Crippen molar-refractivity contribution < 1.29 is 9.47 Å². The Morgan fingerprint density at radius 2 is 2.38 bits per heavy atom. The SMILES string of the molecule is CCOc1cc(N[C@H]2CCO[C@@H]2c2ccnn2C)ncn1. The van der Waals surface area contributed by atoms with Crippen molar-refractivity contribution in [3.63, 3.8) is 0 Å². The number of anilines is 1. The fraction of sp³-hybridized carbons (Fsp3) is 0.500. The topological polar surface area (TPSA) is 74.1 Å². The molecule has 112 valence electrons. The molecule has 0 spiro atoms. The molecule has 7 heteroatoms. The van der Waals surface area contributed by atoms with Crippen molar-refractivity contribution in [3.8, 4) is 5.88 Å². The zero-order valence-electron chi connectivity index (χ0n) is 12.2. The molecule has 3 heterocycles. The fourth-order valence-electron chi connectivity index (χ4n) is 2.53. The van der Waals surface area contributed by atoms with Crippen LogP contribution in [0.25, 0.3) is 0 Å². The number of ether oxygens (including phenoxy) is 2. The summed E-state index contributed by atoms with van der Waals surface area (Å²) < 4.78 is 13.1. The van der Waals surface area contributed by atoms with Gasteiger partial charge in [-0.15, -0.1) is 0 Å². The van der Waals surface area contributed by atoms with Gasteiger partial charge in [-0.25, -0.2) is 9.97 Å². The first-order chi connectivity index (χ1) is 10.3. The van der Waals surface area contributed by atoms with E-state index in [1.807, 2.05) is 30.8 Å². The van der Waals surface area contributed by atoms with Crippen molar-refractivity contribution in [1.82, 2.24) is 19.7 Å². The second-order valence-electron chi connectivity index (χ2n) is 4.89. The quantitative estimate of drug-likeness (QED) is 0.900. The predicted octanol–water partition coefficient (Wildman–Crippen LogP) is 1.55. The van der Waals surface area contributed by atoms with E-state index in [2.05, 4.69) is 20.4 Å². The summed E-state index contributed by atoms with van der Waals surface area (Å²) in [7, 11) is 1.92. The van der Waals surface area contributed by atoms with Gasteiger partial charge in [0.25, 0.3) is 0 Å². The van der Waals surface area contributed by atoms with Crippen molar-refractivity contribution in [1.29, 1.82) is 0 Å². The van der Waals surface area contributed by atoms with Crippen LogP contribution in [-0.4, -0.2) is 39.0 Å². The lowest BCUT2D eigenvalue weighted by Crippen LogP contribution is -2.25. The molecular formula is C14H19N5O2. The molecule has 0 saturated carbocycles. The third-order valence-electron chi connectivity index (χ3n) is 3.51.